The second-order valence-corrected chi connectivity index (χ2v) is 8.80. The molecule has 0 aliphatic carbocycles. The lowest BCUT2D eigenvalue weighted by molar-refractivity contribution is 0.242. The van der Waals surface area contributed by atoms with E-state index in [1.165, 1.54) is 38.8 Å². The molecule has 0 radical (unpaired) electrons. The van der Waals surface area contributed by atoms with Gasteiger partial charge in [0, 0.05) is 40.8 Å². The summed E-state index contributed by atoms with van der Waals surface area (Å²) in [4.78, 5) is 4.90. The monoisotopic (exact) mass is 443 g/mol. The Labute approximate surface area is 180 Å². The van der Waals surface area contributed by atoms with Gasteiger partial charge in [0.1, 0.15) is 0 Å². The van der Waals surface area contributed by atoms with Crippen LogP contribution < -0.4 is 5.73 Å². The Hall–Kier alpha value is -1.46. The molecule has 2 fully saturated rings. The van der Waals surface area contributed by atoms with Crippen molar-refractivity contribution in [3.8, 4) is 24.2 Å². The van der Waals surface area contributed by atoms with Crippen molar-refractivity contribution in [1.29, 1.82) is 0 Å². The zero-order valence-corrected chi connectivity index (χ0v) is 19.1. The SMILES string of the molecule is C#CC(C)N1CCCC1C.C[C@@H]1CCCN1CCC#Cc1cc(Br)ccc1N. The van der Waals surface area contributed by atoms with Gasteiger partial charge in [0.15, 0.2) is 0 Å². The first-order valence-electron chi connectivity index (χ1n) is 10.4. The highest BCUT2D eigenvalue weighted by Crippen LogP contribution is 2.19. The average molecular weight is 444 g/mol. The van der Waals surface area contributed by atoms with Gasteiger partial charge in [-0.05, 0) is 77.7 Å². The summed E-state index contributed by atoms with van der Waals surface area (Å²) >= 11 is 3.44. The third kappa shape index (κ3) is 6.85. The summed E-state index contributed by atoms with van der Waals surface area (Å²) in [5, 5.41) is 0. The quantitative estimate of drug-likeness (QED) is 0.540. The van der Waals surface area contributed by atoms with Gasteiger partial charge in [0.25, 0.3) is 0 Å². The minimum atomic E-state index is 0.331. The molecule has 2 aliphatic rings. The molecule has 2 unspecified atom stereocenters. The van der Waals surface area contributed by atoms with E-state index in [0.717, 1.165) is 34.7 Å². The first-order valence-corrected chi connectivity index (χ1v) is 11.2. The number of hydrogen-bond acceptors (Lipinski definition) is 3. The fraction of sp³-hybridized carbons (Fsp3) is 0.583. The van der Waals surface area contributed by atoms with Crippen molar-refractivity contribution in [3.05, 3.63) is 28.2 Å². The molecule has 4 heteroatoms. The van der Waals surface area contributed by atoms with E-state index in [1.807, 2.05) is 18.2 Å². The Bertz CT molecular complexity index is 728. The molecule has 28 heavy (non-hydrogen) atoms. The van der Waals surface area contributed by atoms with Crippen molar-refractivity contribution in [2.75, 3.05) is 25.4 Å². The van der Waals surface area contributed by atoms with Crippen molar-refractivity contribution < 1.29 is 0 Å². The van der Waals surface area contributed by atoms with Crippen LogP contribution in [0.2, 0.25) is 0 Å². The van der Waals surface area contributed by atoms with Crippen LogP contribution in [0.25, 0.3) is 0 Å². The van der Waals surface area contributed by atoms with E-state index >= 15 is 0 Å². The minimum Gasteiger partial charge on any atom is -0.398 e. The third-order valence-electron chi connectivity index (χ3n) is 5.80. The van der Waals surface area contributed by atoms with Crippen LogP contribution in [0, 0.1) is 24.2 Å². The lowest BCUT2D eigenvalue weighted by atomic mass is 10.2. The highest BCUT2D eigenvalue weighted by Gasteiger charge is 2.23. The largest absolute Gasteiger partial charge is 0.398 e. The molecule has 0 spiro atoms. The molecule has 0 bridgehead atoms. The summed E-state index contributed by atoms with van der Waals surface area (Å²) in [5.41, 5.74) is 7.55. The van der Waals surface area contributed by atoms with E-state index in [9.17, 15) is 0 Å². The first-order chi connectivity index (χ1) is 13.4. The van der Waals surface area contributed by atoms with E-state index < -0.39 is 0 Å². The highest BCUT2D eigenvalue weighted by molar-refractivity contribution is 9.10. The Morgan fingerprint density at radius 3 is 2.54 bits per heavy atom. The van der Waals surface area contributed by atoms with E-state index in [1.54, 1.807) is 0 Å². The number of hydrogen-bond donors (Lipinski definition) is 1. The lowest BCUT2D eigenvalue weighted by Gasteiger charge is -2.24. The number of nitrogens with two attached hydrogens (primary N) is 1. The van der Waals surface area contributed by atoms with Gasteiger partial charge in [-0.3, -0.25) is 9.80 Å². The van der Waals surface area contributed by atoms with Crippen LogP contribution in [0.5, 0.6) is 0 Å². The number of benzene rings is 1. The molecule has 1 aromatic carbocycles. The number of nitrogen functional groups attached to an aromatic ring is 1. The molecular weight excluding hydrogens is 410 g/mol. The highest BCUT2D eigenvalue weighted by atomic mass is 79.9. The number of terminal acetylenes is 1. The number of nitrogens with zero attached hydrogens (tertiary/aromatic N) is 2. The first kappa shape index (κ1) is 22.8. The zero-order valence-electron chi connectivity index (χ0n) is 17.5. The summed E-state index contributed by atoms with van der Waals surface area (Å²) < 4.78 is 1.02. The van der Waals surface area contributed by atoms with Gasteiger partial charge in [-0.2, -0.15) is 0 Å². The second-order valence-electron chi connectivity index (χ2n) is 7.88. The Morgan fingerprint density at radius 1 is 1.21 bits per heavy atom. The number of anilines is 1. The van der Waals surface area contributed by atoms with Gasteiger partial charge < -0.3 is 5.73 Å². The normalized spacial score (nSPS) is 23.2. The topological polar surface area (TPSA) is 32.5 Å². The molecule has 1 aromatic rings. The Kier molecular flexibility index (Phi) is 9.39. The fourth-order valence-corrected chi connectivity index (χ4v) is 4.31. The number of halogens is 1. The molecule has 0 amide bonds. The molecule has 2 heterocycles. The lowest BCUT2D eigenvalue weighted by Crippen LogP contribution is -2.34. The van der Waals surface area contributed by atoms with Crippen LogP contribution in [0.15, 0.2) is 22.7 Å². The summed E-state index contributed by atoms with van der Waals surface area (Å²) in [6.45, 7) is 10.1. The van der Waals surface area contributed by atoms with Crippen molar-refractivity contribution in [2.45, 2.75) is 71.0 Å². The van der Waals surface area contributed by atoms with Crippen molar-refractivity contribution in [2.24, 2.45) is 0 Å². The Balaban J connectivity index is 0.000000237. The molecule has 3 nitrogen and oxygen atoms in total. The third-order valence-corrected chi connectivity index (χ3v) is 6.29. The molecule has 0 aromatic heterocycles. The second kappa shape index (κ2) is 11.5. The zero-order chi connectivity index (χ0) is 20.5. The Morgan fingerprint density at radius 2 is 1.93 bits per heavy atom. The van der Waals surface area contributed by atoms with Crippen LogP contribution in [0.4, 0.5) is 5.69 Å². The molecule has 3 atom stereocenters. The van der Waals surface area contributed by atoms with Crippen LogP contribution in [0.1, 0.15) is 58.4 Å². The van der Waals surface area contributed by atoms with Crippen LogP contribution in [-0.2, 0) is 0 Å². The van der Waals surface area contributed by atoms with E-state index in [4.69, 9.17) is 12.2 Å². The van der Waals surface area contributed by atoms with Gasteiger partial charge in [-0.1, -0.05) is 33.7 Å². The van der Waals surface area contributed by atoms with Gasteiger partial charge in [0.2, 0.25) is 0 Å². The van der Waals surface area contributed by atoms with Gasteiger partial charge >= 0.3 is 0 Å². The fourth-order valence-electron chi connectivity index (χ4n) is 3.95. The van der Waals surface area contributed by atoms with E-state index in [-0.39, 0.29) is 0 Å². The predicted molar refractivity (Wildman–Crippen MR) is 124 cm³/mol. The van der Waals surface area contributed by atoms with Gasteiger partial charge in [-0.25, -0.2) is 0 Å². The molecular formula is C24H34BrN3. The maximum Gasteiger partial charge on any atom is 0.0685 e. The summed E-state index contributed by atoms with van der Waals surface area (Å²) in [5.74, 6) is 9.15. The average Bonchev–Trinajstić information content (AvgIpc) is 3.29. The molecule has 3 rings (SSSR count). The number of likely N-dealkylation sites (tertiary alicyclic amines) is 2. The summed E-state index contributed by atoms with van der Waals surface area (Å²) in [6, 6.07) is 7.55. The van der Waals surface area contributed by atoms with E-state index in [2.05, 4.69) is 64.3 Å². The molecule has 2 aliphatic heterocycles. The smallest absolute Gasteiger partial charge is 0.0685 e. The summed E-state index contributed by atoms with van der Waals surface area (Å²) in [7, 11) is 0. The molecule has 0 saturated carbocycles. The van der Waals surface area contributed by atoms with Crippen molar-refractivity contribution >= 4 is 21.6 Å². The molecule has 2 N–H and O–H groups in total. The maximum atomic E-state index is 5.88. The molecule has 2 saturated heterocycles. The van der Waals surface area contributed by atoms with E-state index in [0.29, 0.717) is 12.1 Å². The maximum absolute atomic E-state index is 5.88. The molecule has 152 valence electrons. The van der Waals surface area contributed by atoms with Crippen LogP contribution >= 0.6 is 15.9 Å². The van der Waals surface area contributed by atoms with Crippen molar-refractivity contribution in [1.82, 2.24) is 9.80 Å². The predicted octanol–water partition coefficient (Wildman–Crippen LogP) is 4.75. The van der Waals surface area contributed by atoms with Gasteiger partial charge in [-0.15, -0.1) is 6.42 Å². The standard InChI is InChI=1S/C15H19BrN2.C9H15N/c1-12-5-4-10-18(12)9-3-2-6-13-11-14(16)7-8-15(13)17;1-4-8(2)10-7-5-6-9(10)3/h7-8,11-12H,3-5,9-10,17H2,1H3;1,8-9H,5-7H2,2-3H3/t12-;/m1./s1. The summed E-state index contributed by atoms with van der Waals surface area (Å²) in [6.07, 6.45) is 11.5. The van der Waals surface area contributed by atoms with Crippen LogP contribution in [0.3, 0.4) is 0 Å². The van der Waals surface area contributed by atoms with Gasteiger partial charge in [0.05, 0.1) is 6.04 Å². The van der Waals surface area contributed by atoms with Crippen molar-refractivity contribution in [3.63, 3.8) is 0 Å². The minimum absolute atomic E-state index is 0.331. The number of rotatable bonds is 3. The van der Waals surface area contributed by atoms with Crippen LogP contribution in [-0.4, -0.2) is 47.6 Å².